The van der Waals surface area contributed by atoms with Crippen LogP contribution >= 0.6 is 0 Å². The summed E-state index contributed by atoms with van der Waals surface area (Å²) in [7, 11) is 0. The van der Waals surface area contributed by atoms with Gasteiger partial charge in [-0.25, -0.2) is 0 Å². The minimum Gasteiger partial charge on any atom is -0.383 e. The molecule has 1 aromatic heterocycles. The maximum absolute atomic E-state index is 9.05. The van der Waals surface area contributed by atoms with Crippen LogP contribution in [0.2, 0.25) is 0 Å². The van der Waals surface area contributed by atoms with Gasteiger partial charge in [0.05, 0.1) is 16.9 Å². The summed E-state index contributed by atoms with van der Waals surface area (Å²) in [5.41, 5.74) is 3.24. The highest BCUT2D eigenvalue weighted by molar-refractivity contribution is 5.59. The smallest absolute Gasteiger partial charge is 0.103 e. The monoisotopic (exact) mass is 218 g/mol. The van der Waals surface area contributed by atoms with Crippen molar-refractivity contribution in [2.45, 2.75) is 20.8 Å². The maximum atomic E-state index is 9.05. The third-order valence-electron chi connectivity index (χ3n) is 2.31. The molecule has 1 aromatic rings. The molecule has 2 N–H and O–H groups in total. The molecule has 0 spiro atoms. The zero-order chi connectivity index (χ0) is 12.0. The number of nitriles is 1. The van der Waals surface area contributed by atoms with E-state index in [-0.39, 0.29) is 0 Å². The van der Waals surface area contributed by atoms with Gasteiger partial charge in [0.2, 0.25) is 0 Å². The fourth-order valence-electron chi connectivity index (χ4n) is 1.57. The Morgan fingerprint density at radius 3 is 2.75 bits per heavy atom. The molecule has 0 saturated heterocycles. The highest BCUT2D eigenvalue weighted by atomic mass is 14.9. The summed E-state index contributed by atoms with van der Waals surface area (Å²) in [4.78, 5) is 4.27. The second kappa shape index (κ2) is 6.09. The third kappa shape index (κ3) is 3.21. The van der Waals surface area contributed by atoms with Crippen molar-refractivity contribution in [1.29, 1.82) is 5.26 Å². The van der Waals surface area contributed by atoms with Crippen molar-refractivity contribution in [3.63, 3.8) is 0 Å². The van der Waals surface area contributed by atoms with Crippen molar-refractivity contribution in [3.05, 3.63) is 23.0 Å². The largest absolute Gasteiger partial charge is 0.383 e. The van der Waals surface area contributed by atoms with Gasteiger partial charge in [0.25, 0.3) is 0 Å². The first-order valence-electron chi connectivity index (χ1n) is 5.52. The molecule has 0 radical (unpaired) electrons. The van der Waals surface area contributed by atoms with Gasteiger partial charge in [0.15, 0.2) is 0 Å². The lowest BCUT2D eigenvalue weighted by atomic mass is 10.1. The molecule has 0 aliphatic heterocycles. The van der Waals surface area contributed by atoms with Crippen molar-refractivity contribution < 1.29 is 0 Å². The summed E-state index contributed by atoms with van der Waals surface area (Å²) < 4.78 is 0. The summed E-state index contributed by atoms with van der Waals surface area (Å²) >= 11 is 0. The molecular formula is C12H18N4. The van der Waals surface area contributed by atoms with Gasteiger partial charge in [-0.15, -0.1) is 0 Å². The summed E-state index contributed by atoms with van der Waals surface area (Å²) in [5, 5.41) is 15.5. The van der Waals surface area contributed by atoms with Crippen molar-refractivity contribution in [2.24, 2.45) is 0 Å². The summed E-state index contributed by atoms with van der Waals surface area (Å²) in [5.74, 6) is 0. The van der Waals surface area contributed by atoms with Crippen molar-refractivity contribution in [2.75, 3.05) is 25.0 Å². The lowest BCUT2D eigenvalue weighted by molar-refractivity contribution is 0.738. The molecule has 86 valence electrons. The van der Waals surface area contributed by atoms with E-state index in [1.54, 1.807) is 0 Å². The number of aromatic nitrogens is 1. The van der Waals surface area contributed by atoms with E-state index >= 15 is 0 Å². The van der Waals surface area contributed by atoms with Gasteiger partial charge < -0.3 is 10.6 Å². The van der Waals surface area contributed by atoms with E-state index in [4.69, 9.17) is 5.26 Å². The maximum Gasteiger partial charge on any atom is 0.103 e. The van der Waals surface area contributed by atoms with Gasteiger partial charge in [-0.2, -0.15) is 5.26 Å². The fraction of sp³-hybridized carbons (Fsp3) is 0.500. The second-order valence-corrected chi connectivity index (χ2v) is 3.66. The minimum atomic E-state index is 0.641. The number of likely N-dealkylation sites (N-methyl/N-ethyl adjacent to an activating group) is 1. The first-order valence-corrected chi connectivity index (χ1v) is 5.52. The van der Waals surface area contributed by atoms with E-state index in [0.29, 0.717) is 5.56 Å². The lowest BCUT2D eigenvalue weighted by Gasteiger charge is -2.10. The quantitative estimate of drug-likeness (QED) is 0.737. The molecule has 4 nitrogen and oxygen atoms in total. The molecule has 0 aromatic carbocycles. The zero-order valence-electron chi connectivity index (χ0n) is 10.1. The highest BCUT2D eigenvalue weighted by Gasteiger charge is 2.06. The molecule has 16 heavy (non-hydrogen) atoms. The van der Waals surface area contributed by atoms with Crippen LogP contribution in [-0.2, 0) is 0 Å². The zero-order valence-corrected chi connectivity index (χ0v) is 10.1. The number of nitrogens with one attached hydrogen (secondary N) is 2. The van der Waals surface area contributed by atoms with Crippen LogP contribution in [0, 0.1) is 25.2 Å². The van der Waals surface area contributed by atoms with E-state index < -0.39 is 0 Å². The van der Waals surface area contributed by atoms with Gasteiger partial charge >= 0.3 is 0 Å². The van der Waals surface area contributed by atoms with Crippen molar-refractivity contribution in [1.82, 2.24) is 10.3 Å². The normalized spacial score (nSPS) is 9.88. The Kier molecular flexibility index (Phi) is 4.74. The number of nitrogens with zero attached hydrogens (tertiary/aromatic N) is 2. The third-order valence-corrected chi connectivity index (χ3v) is 2.31. The Labute approximate surface area is 96.7 Å². The van der Waals surface area contributed by atoms with Crippen LogP contribution in [0.3, 0.4) is 0 Å². The van der Waals surface area contributed by atoms with Gasteiger partial charge in [-0.3, -0.25) is 4.98 Å². The SMILES string of the molecule is CCNCCNc1cc(C)nc(C)c1C#N. The molecule has 1 heterocycles. The second-order valence-electron chi connectivity index (χ2n) is 3.66. The van der Waals surface area contributed by atoms with Gasteiger partial charge in [0, 0.05) is 18.8 Å². The Morgan fingerprint density at radius 2 is 2.12 bits per heavy atom. The molecule has 0 bridgehead atoms. The Hall–Kier alpha value is -1.60. The van der Waals surface area contributed by atoms with Crippen LogP contribution in [0.5, 0.6) is 0 Å². The van der Waals surface area contributed by atoms with Crippen molar-refractivity contribution in [3.8, 4) is 6.07 Å². The van der Waals surface area contributed by atoms with Crippen LogP contribution in [-0.4, -0.2) is 24.6 Å². The van der Waals surface area contributed by atoms with Gasteiger partial charge in [0.1, 0.15) is 6.07 Å². The molecule has 0 aliphatic carbocycles. The summed E-state index contributed by atoms with van der Waals surface area (Å²) in [6, 6.07) is 4.10. The molecular weight excluding hydrogens is 200 g/mol. The lowest BCUT2D eigenvalue weighted by Crippen LogP contribution is -2.22. The fourth-order valence-corrected chi connectivity index (χ4v) is 1.57. The van der Waals surface area contributed by atoms with Crippen LogP contribution in [0.25, 0.3) is 0 Å². The predicted octanol–water partition coefficient (Wildman–Crippen LogP) is 1.59. The van der Waals surface area contributed by atoms with E-state index in [0.717, 1.165) is 36.7 Å². The van der Waals surface area contributed by atoms with Crippen LogP contribution in [0.4, 0.5) is 5.69 Å². The molecule has 0 aliphatic rings. The molecule has 0 saturated carbocycles. The Balaban J connectivity index is 2.75. The Morgan fingerprint density at radius 1 is 1.38 bits per heavy atom. The summed E-state index contributed by atoms with van der Waals surface area (Å²) in [6.07, 6.45) is 0. The number of hydrogen-bond acceptors (Lipinski definition) is 4. The van der Waals surface area contributed by atoms with Crippen LogP contribution < -0.4 is 10.6 Å². The van der Waals surface area contributed by atoms with Gasteiger partial charge in [-0.1, -0.05) is 6.92 Å². The number of hydrogen-bond donors (Lipinski definition) is 2. The molecule has 0 fully saturated rings. The van der Waals surface area contributed by atoms with Crippen LogP contribution in [0.1, 0.15) is 23.9 Å². The van der Waals surface area contributed by atoms with E-state index in [1.807, 2.05) is 19.9 Å². The Bertz CT molecular complexity index is 393. The van der Waals surface area contributed by atoms with E-state index in [1.165, 1.54) is 0 Å². The highest BCUT2D eigenvalue weighted by Crippen LogP contribution is 2.17. The summed E-state index contributed by atoms with van der Waals surface area (Å²) in [6.45, 7) is 8.53. The molecule has 0 atom stereocenters. The predicted molar refractivity (Wildman–Crippen MR) is 65.5 cm³/mol. The topological polar surface area (TPSA) is 60.7 Å². The van der Waals surface area contributed by atoms with E-state index in [9.17, 15) is 0 Å². The average molecular weight is 218 g/mol. The molecule has 0 amide bonds. The molecule has 0 unspecified atom stereocenters. The molecule has 1 rings (SSSR count). The minimum absolute atomic E-state index is 0.641. The number of rotatable bonds is 5. The standard InChI is InChI=1S/C12H18N4/c1-4-14-5-6-15-12-7-9(2)16-10(3)11(12)8-13/h7,14H,4-6H2,1-3H3,(H,15,16). The number of pyridine rings is 1. The van der Waals surface area contributed by atoms with Crippen molar-refractivity contribution >= 4 is 5.69 Å². The average Bonchev–Trinajstić information content (AvgIpc) is 2.24. The van der Waals surface area contributed by atoms with E-state index in [2.05, 4.69) is 28.6 Å². The number of anilines is 1. The first-order chi connectivity index (χ1) is 7.69. The first kappa shape index (κ1) is 12.5. The van der Waals surface area contributed by atoms with Crippen LogP contribution in [0.15, 0.2) is 6.07 Å². The number of aryl methyl sites for hydroxylation is 2. The van der Waals surface area contributed by atoms with Gasteiger partial charge in [-0.05, 0) is 26.5 Å². The molecule has 4 heteroatoms.